The van der Waals surface area contributed by atoms with Crippen molar-refractivity contribution in [1.29, 1.82) is 0 Å². The second-order valence-electron chi connectivity index (χ2n) is 35.2. The van der Waals surface area contributed by atoms with Gasteiger partial charge in [0.2, 0.25) is 17.7 Å². The molecule has 4 aromatic rings. The molecule has 0 spiro atoms. The summed E-state index contributed by atoms with van der Waals surface area (Å²) in [5.41, 5.74) is -0.696. The Morgan fingerprint density at radius 1 is 0.432 bits per heavy atom. The number of carbonyl (C=O) groups excluding carboxylic acids is 14. The highest BCUT2D eigenvalue weighted by Crippen LogP contribution is 2.51. The van der Waals surface area contributed by atoms with Gasteiger partial charge in [0.15, 0.2) is 37.0 Å². The molecule has 12 atom stereocenters. The van der Waals surface area contributed by atoms with Gasteiger partial charge in [0, 0.05) is 122 Å². The average Bonchev–Trinajstić information content (AvgIpc) is 1.55. The van der Waals surface area contributed by atoms with Crippen molar-refractivity contribution in [2.24, 2.45) is 10.8 Å². The molecule has 146 heavy (non-hydrogen) atoms. The van der Waals surface area contributed by atoms with Crippen LogP contribution in [0.1, 0.15) is 171 Å². The van der Waals surface area contributed by atoms with E-state index in [1.165, 1.54) is 18.2 Å². The summed E-state index contributed by atoms with van der Waals surface area (Å²) in [6.07, 6.45) is -9.12. The maximum atomic E-state index is 14.3. The molecule has 47 heteroatoms. The molecule has 0 saturated carbocycles. The molecule has 3 fully saturated rings. The lowest BCUT2D eigenvalue weighted by atomic mass is 9.68. The van der Waals surface area contributed by atoms with Crippen LogP contribution in [0.3, 0.4) is 0 Å². The van der Waals surface area contributed by atoms with Crippen LogP contribution in [0.15, 0.2) is 97.1 Å². The van der Waals surface area contributed by atoms with Crippen molar-refractivity contribution >= 4 is 94.8 Å². The third-order valence-electron chi connectivity index (χ3n) is 23.4. The van der Waals surface area contributed by atoms with Crippen LogP contribution >= 0.6 is 0 Å². The van der Waals surface area contributed by atoms with Gasteiger partial charge in [0.1, 0.15) is 54.6 Å². The summed E-state index contributed by atoms with van der Waals surface area (Å²) in [5, 5.41) is 24.1. The van der Waals surface area contributed by atoms with Gasteiger partial charge in [-0.05, 0) is 72.0 Å². The van der Waals surface area contributed by atoms with Crippen LogP contribution in [0.4, 0.5) is 23.2 Å². The Hall–Kier alpha value is -12.2. The predicted molar refractivity (Wildman–Crippen MR) is 503 cm³/mol. The number of unbranched alkanes of at least 4 members (excludes halogenated alkanes) is 5. The summed E-state index contributed by atoms with van der Waals surface area (Å²) >= 11 is 0. The van der Waals surface area contributed by atoms with Crippen molar-refractivity contribution in [2.45, 2.75) is 212 Å². The molecule has 0 bridgehead atoms. The molecule has 3 saturated heterocycles. The molecule has 0 aliphatic carbocycles. The first-order valence-electron chi connectivity index (χ1n) is 47.6. The summed E-state index contributed by atoms with van der Waals surface area (Å²) < 4.78 is 170. The van der Waals surface area contributed by atoms with E-state index < -0.39 is 199 Å². The van der Waals surface area contributed by atoms with Crippen LogP contribution in [0.2, 0.25) is 0 Å². The predicted octanol–water partition coefficient (Wildman–Crippen LogP) is 6.33. The molecule has 7 N–H and O–H groups in total. The molecule has 7 amide bonds. The first-order valence-corrected chi connectivity index (χ1v) is 47.6. The van der Waals surface area contributed by atoms with Gasteiger partial charge in [-0.15, -0.1) is 0 Å². The molecule has 4 unspecified atom stereocenters. The van der Waals surface area contributed by atoms with E-state index in [1.807, 2.05) is 103 Å². The molecule has 0 radical (unpaired) electrons. The Balaban J connectivity index is 0.885. The van der Waals surface area contributed by atoms with Crippen molar-refractivity contribution in [2.75, 3.05) is 171 Å². The topological polar surface area (TPSA) is 536 Å². The van der Waals surface area contributed by atoms with Gasteiger partial charge < -0.3 is 137 Å². The second-order valence-corrected chi connectivity index (χ2v) is 35.2. The van der Waals surface area contributed by atoms with E-state index in [1.54, 1.807) is 19.1 Å². The number of hydrogen-bond acceptors (Lipinski definition) is 35. The summed E-state index contributed by atoms with van der Waals surface area (Å²) in [7, 11) is 3.16. The highest BCUT2D eigenvalue weighted by Gasteiger charge is 2.58. The van der Waals surface area contributed by atoms with E-state index in [0.717, 1.165) is 71.1 Å². The minimum atomic E-state index is -3.93. The quantitative estimate of drug-likeness (QED) is 0.00835. The third-order valence-corrected chi connectivity index (χ3v) is 23.4. The fourth-order valence-electron chi connectivity index (χ4n) is 15.8. The minimum absolute atomic E-state index is 0.00879. The SMILES string of the molecule is COc1ccc(C(OCC2(C)CN(C(=O)CCCCCCCCC(=O)NCC(=O)Nc3cc(C(=O)NCCOCCOCCOCCOC4O[C@H](COC(C)=O)[C@H](OC(C)=O)[C@H](OC(C)=O)[C@H]4NC(=O)C(C)(F)F)cc(C(=O)NCCOCCOCCOCCOC4O[C@H](COC(C)=O)[C@H](OC(C)=O)[C@H](OC(C)=O)[C@H]4NC(=O)C(C)(F)F)c3)CC2(C)COC(=O)CCC(=O)O)(c2ccccc2)c2ccc(OC)cc2)cc1. The molecule has 0 aromatic heterocycles. The Morgan fingerprint density at radius 2 is 0.815 bits per heavy atom. The van der Waals surface area contributed by atoms with Crippen LogP contribution < -0.4 is 41.4 Å². The number of amides is 7. The summed E-state index contributed by atoms with van der Waals surface area (Å²) in [6, 6.07) is 25.4. The molecule has 3 aliphatic heterocycles. The number of carboxylic acid groups (broad SMARTS) is 1. The molecule has 810 valence electrons. The van der Waals surface area contributed by atoms with Crippen molar-refractivity contribution < 1.29 is 189 Å². The number of ether oxygens (including phenoxy) is 20. The van der Waals surface area contributed by atoms with E-state index in [4.69, 9.17) is 94.7 Å². The van der Waals surface area contributed by atoms with Crippen molar-refractivity contribution in [3.05, 3.63) is 125 Å². The summed E-state index contributed by atoms with van der Waals surface area (Å²) in [4.78, 5) is 192. The first-order chi connectivity index (χ1) is 69.4. The largest absolute Gasteiger partial charge is 0.497 e. The van der Waals surface area contributed by atoms with Gasteiger partial charge in [0.25, 0.3) is 23.6 Å². The van der Waals surface area contributed by atoms with Gasteiger partial charge in [-0.2, -0.15) is 17.6 Å². The number of esters is 7. The molecule has 3 aliphatic rings. The number of rotatable bonds is 65. The molecule has 7 rings (SSSR count). The highest BCUT2D eigenvalue weighted by atomic mass is 19.3. The Bertz CT molecular complexity index is 4700. The molecular weight excluding hydrogens is 1940 g/mol. The number of hydrogen-bond donors (Lipinski definition) is 7. The van der Waals surface area contributed by atoms with Crippen molar-refractivity contribution in [3.63, 3.8) is 0 Å². The summed E-state index contributed by atoms with van der Waals surface area (Å²) in [6.45, 7) is 8.60. The lowest BCUT2D eigenvalue weighted by molar-refractivity contribution is -0.280. The van der Waals surface area contributed by atoms with Crippen LogP contribution in [0.25, 0.3) is 0 Å². The fraction of sp³-hybridized carbons (Fsp3) is 0.606. The number of nitrogens with zero attached hydrogens (tertiary/aromatic N) is 1. The number of likely N-dealkylation sites (tertiary alicyclic amines) is 1. The second kappa shape index (κ2) is 60.8. The Kier molecular flexibility index (Phi) is 50.3. The standard InChI is InChI=1S/C99H135F4N7O36/c1-62(111)137-56-76-85(141-64(3)113)87(143-66(5)115)83(108-93(125)97(9,100)101)91(145-76)135-50-48-133-46-44-131-42-40-129-38-36-104-89(123)68-52-69(90(124)105-37-39-130-41-43-132-45-47-134-49-51-136-92-84(109-94(126)98(10,102)103)88(144-67(6)116)86(142-65(4)114)77(146-92)57-138-63(2)112)54-73(53-68)107-79(118)55-106-78(117)24-20-15-13-14-16-21-25-80(119)110-58-95(7,60-139-82(122)35-34-81(120)121)96(8,59-110)61-140-99(70-22-18-17-19-23-70,71-26-30-74(127-11)31-27-71)72-28-32-75(128-12)33-29-72/h17-19,22-23,26-33,52-54,76-77,83-88,91-92H,13-16,20-21,24-25,34-51,55-61H2,1-12H3,(H,104,123)(H,105,124)(H,106,117)(H,107,118)(H,108,125)(H,109,126)(H,120,121)/t76-,77-,83-,84-,85+,86+,87-,88-,91?,92?,95?,96?/m1/s1. The molecule has 3 heterocycles. The zero-order valence-electron chi connectivity index (χ0n) is 84.0. The number of methoxy groups -OCH3 is 2. The lowest BCUT2D eigenvalue weighted by Crippen LogP contribution is -2.67. The zero-order valence-corrected chi connectivity index (χ0v) is 84.0. The number of anilines is 1. The van der Waals surface area contributed by atoms with E-state index in [9.17, 15) is 94.6 Å². The Labute approximate surface area is 842 Å². The minimum Gasteiger partial charge on any atom is -0.497 e. The number of aliphatic carboxylic acids is 1. The Morgan fingerprint density at radius 3 is 1.21 bits per heavy atom. The number of carbonyl (C=O) groups is 15. The van der Waals surface area contributed by atoms with E-state index in [0.29, 0.717) is 51.0 Å². The van der Waals surface area contributed by atoms with Gasteiger partial charge in [0.05, 0.1) is 139 Å². The van der Waals surface area contributed by atoms with Gasteiger partial charge in [-0.3, -0.25) is 71.9 Å². The monoisotopic (exact) mass is 2070 g/mol. The number of benzene rings is 4. The smallest absolute Gasteiger partial charge is 0.321 e. The number of nitrogens with one attached hydrogen (secondary N) is 6. The number of carboxylic acids is 1. The van der Waals surface area contributed by atoms with Crippen LogP contribution in [0, 0.1) is 10.8 Å². The van der Waals surface area contributed by atoms with E-state index >= 15 is 0 Å². The van der Waals surface area contributed by atoms with Crippen LogP contribution in [-0.4, -0.2) is 338 Å². The third kappa shape index (κ3) is 40.2. The van der Waals surface area contributed by atoms with Crippen LogP contribution in [-0.2, 0) is 153 Å². The number of halogens is 4. The lowest BCUT2D eigenvalue weighted by Gasteiger charge is -2.45. The maximum Gasteiger partial charge on any atom is 0.321 e. The van der Waals surface area contributed by atoms with E-state index in [2.05, 4.69) is 21.3 Å². The molecular formula is C99H135F4N7O36. The van der Waals surface area contributed by atoms with Crippen molar-refractivity contribution in [3.8, 4) is 11.5 Å². The van der Waals surface area contributed by atoms with Gasteiger partial charge in [-0.1, -0.05) is 94.1 Å². The maximum absolute atomic E-state index is 14.3. The van der Waals surface area contributed by atoms with Crippen LogP contribution in [0.5, 0.6) is 11.5 Å². The molecule has 43 nitrogen and oxygen atoms in total. The zero-order chi connectivity index (χ0) is 107. The normalized spacial score (nSPS) is 20.3. The number of alkyl halides is 4. The fourth-order valence-corrected chi connectivity index (χ4v) is 15.8. The van der Waals surface area contributed by atoms with Gasteiger partial charge in [-0.25, -0.2) is 0 Å². The molecule has 4 aromatic carbocycles. The van der Waals surface area contributed by atoms with Gasteiger partial charge >= 0.3 is 59.6 Å². The highest BCUT2D eigenvalue weighted by molar-refractivity contribution is 6.03. The summed E-state index contributed by atoms with van der Waals surface area (Å²) in [5.74, 6) is -19.9. The average molecular weight is 2080 g/mol. The first kappa shape index (κ1) is 121. The van der Waals surface area contributed by atoms with Crippen molar-refractivity contribution in [1.82, 2.24) is 31.5 Å². The van der Waals surface area contributed by atoms with E-state index in [-0.39, 0.29) is 174 Å².